The molecule has 2 rings (SSSR count). The quantitative estimate of drug-likeness (QED) is 0.378. The minimum absolute atomic E-state index is 0. The Kier molecular flexibility index (Phi) is 4.95. The standard InChI is InChI=1S/C7H5O2.BrH.Zn/c1-2-4-7-6(3-1)8-5-9-7;;/h1,3-4H,5H2;1H;/p-1. The van der Waals surface area contributed by atoms with Crippen molar-refractivity contribution in [2.75, 3.05) is 6.79 Å². The molecule has 11 heavy (non-hydrogen) atoms. The van der Waals surface area contributed by atoms with Crippen LogP contribution in [0.3, 0.4) is 0 Å². The molecule has 0 aromatic heterocycles. The number of rotatable bonds is 0. The van der Waals surface area contributed by atoms with E-state index in [1.54, 1.807) is 12.2 Å². The van der Waals surface area contributed by atoms with Gasteiger partial charge in [0.05, 0.1) is 0 Å². The summed E-state index contributed by atoms with van der Waals surface area (Å²) in [5, 5.41) is 0. The Morgan fingerprint density at radius 2 is 2.18 bits per heavy atom. The zero-order valence-corrected chi connectivity index (χ0v) is 10.4. The maximum Gasteiger partial charge on any atom is 0.195 e. The van der Waals surface area contributed by atoms with E-state index in [0.717, 1.165) is 11.9 Å². The molecule has 0 saturated carbocycles. The van der Waals surface area contributed by atoms with Crippen LogP contribution in [0.4, 0.5) is 0 Å². The van der Waals surface area contributed by atoms with Crippen LogP contribution in [0, 0.1) is 6.10 Å². The van der Waals surface area contributed by atoms with Crippen molar-refractivity contribution in [1.29, 1.82) is 0 Å². The number of allylic oxidation sites excluding steroid dienone is 1. The molecule has 2 aliphatic rings. The monoisotopic (exact) mass is 264 g/mol. The fourth-order valence-corrected chi connectivity index (χ4v) is 0.789. The van der Waals surface area contributed by atoms with E-state index in [4.69, 9.17) is 9.47 Å². The summed E-state index contributed by atoms with van der Waals surface area (Å²) in [4.78, 5) is 0. The molecule has 2 nitrogen and oxygen atoms in total. The summed E-state index contributed by atoms with van der Waals surface area (Å²) in [6, 6.07) is 0. The molecule has 0 amide bonds. The molecule has 1 heterocycles. The first-order chi connectivity index (χ1) is 4.47. The summed E-state index contributed by atoms with van der Waals surface area (Å²) in [5.74, 6) is 0.814. The maximum absolute atomic E-state index is 5.06. The number of hydrogen-bond acceptors (Lipinski definition) is 2. The van der Waals surface area contributed by atoms with Gasteiger partial charge in [-0.3, -0.25) is 0 Å². The van der Waals surface area contributed by atoms with Crippen LogP contribution in [-0.2, 0) is 29.0 Å². The predicted octanol–water partition coefficient (Wildman–Crippen LogP) is -1.87. The first-order valence-corrected chi connectivity index (χ1v) is 2.72. The van der Waals surface area contributed by atoms with Crippen molar-refractivity contribution in [2.45, 2.75) is 0 Å². The van der Waals surface area contributed by atoms with Crippen LogP contribution >= 0.6 is 0 Å². The first kappa shape index (κ1) is 11.1. The van der Waals surface area contributed by atoms with E-state index < -0.39 is 0 Å². The number of ether oxygens (including phenoxy) is 2. The van der Waals surface area contributed by atoms with Crippen LogP contribution in [0.15, 0.2) is 29.7 Å². The zero-order chi connectivity index (χ0) is 6.10. The molecule has 0 N–H and O–H groups in total. The van der Waals surface area contributed by atoms with Gasteiger partial charge in [-0.1, -0.05) is 0 Å². The topological polar surface area (TPSA) is 18.5 Å². The number of fused-ring (bicyclic) bond motifs is 1. The predicted molar refractivity (Wildman–Crippen MR) is 31.0 cm³/mol. The maximum atomic E-state index is 5.06. The molecular formula is C7H5BrO2Zn-. The molecule has 0 bridgehead atoms. The minimum Gasteiger partial charge on any atom is -1.00 e. The smallest absolute Gasteiger partial charge is 0.195 e. The fraction of sp³-hybridized carbons (Fsp3) is 0.143. The second-order valence-electron chi connectivity index (χ2n) is 1.78. The summed E-state index contributed by atoms with van der Waals surface area (Å²) in [6.07, 6.45) is 6.19. The first-order valence-electron chi connectivity index (χ1n) is 2.72. The van der Waals surface area contributed by atoms with Crippen LogP contribution < -0.4 is 17.0 Å². The van der Waals surface area contributed by atoms with Crippen molar-refractivity contribution in [3.63, 3.8) is 0 Å². The SMILES string of the molecule is C1=CC=C2OCO[C]2C=1.[Br-].[Zn]. The van der Waals surface area contributed by atoms with E-state index in [2.05, 4.69) is 5.73 Å². The molecule has 1 fully saturated rings. The van der Waals surface area contributed by atoms with E-state index in [1.807, 2.05) is 6.08 Å². The summed E-state index contributed by atoms with van der Waals surface area (Å²) >= 11 is 0. The average molecular weight is 266 g/mol. The Labute approximate surface area is 88.5 Å². The van der Waals surface area contributed by atoms with Crippen LogP contribution in [0.2, 0.25) is 0 Å². The van der Waals surface area contributed by atoms with Gasteiger partial charge >= 0.3 is 0 Å². The summed E-state index contributed by atoms with van der Waals surface area (Å²) in [6.45, 7) is 0.340. The van der Waals surface area contributed by atoms with E-state index in [1.165, 1.54) is 0 Å². The third-order valence-corrected chi connectivity index (χ3v) is 1.22. The van der Waals surface area contributed by atoms with Crippen molar-refractivity contribution in [3.8, 4) is 0 Å². The third kappa shape index (κ3) is 2.28. The number of halogens is 1. The molecule has 1 saturated heterocycles. The van der Waals surface area contributed by atoms with Gasteiger partial charge in [0.25, 0.3) is 0 Å². The molecular weight excluding hydrogens is 261 g/mol. The van der Waals surface area contributed by atoms with Crippen molar-refractivity contribution in [3.05, 3.63) is 35.8 Å². The van der Waals surface area contributed by atoms with Gasteiger partial charge in [0.2, 0.25) is 0 Å². The third-order valence-electron chi connectivity index (χ3n) is 1.22. The van der Waals surface area contributed by atoms with Crippen molar-refractivity contribution in [2.24, 2.45) is 0 Å². The average Bonchev–Trinajstić information content (AvgIpc) is 2.33. The molecule has 1 aliphatic heterocycles. The molecule has 0 unspecified atom stereocenters. The molecule has 0 spiro atoms. The van der Waals surface area contributed by atoms with E-state index >= 15 is 0 Å². The summed E-state index contributed by atoms with van der Waals surface area (Å²) in [5.41, 5.74) is 2.89. The van der Waals surface area contributed by atoms with Crippen LogP contribution in [0.5, 0.6) is 0 Å². The molecule has 4 heteroatoms. The second kappa shape index (κ2) is 4.89. The van der Waals surface area contributed by atoms with E-state index in [-0.39, 0.29) is 36.5 Å². The Balaban J connectivity index is 0.000000500. The summed E-state index contributed by atoms with van der Waals surface area (Å²) < 4.78 is 10.1. The summed E-state index contributed by atoms with van der Waals surface area (Å²) in [7, 11) is 0. The van der Waals surface area contributed by atoms with Gasteiger partial charge in [0.15, 0.2) is 12.9 Å². The molecule has 0 aromatic rings. The van der Waals surface area contributed by atoms with Gasteiger partial charge in [0.1, 0.15) is 5.76 Å². The van der Waals surface area contributed by atoms with Gasteiger partial charge in [-0.15, -0.1) is 5.73 Å². The zero-order valence-electron chi connectivity index (χ0n) is 5.84. The van der Waals surface area contributed by atoms with E-state index in [0.29, 0.717) is 6.79 Å². The van der Waals surface area contributed by atoms with Crippen LogP contribution in [0.25, 0.3) is 0 Å². The van der Waals surface area contributed by atoms with Crippen LogP contribution in [-0.4, -0.2) is 6.79 Å². The van der Waals surface area contributed by atoms with Gasteiger partial charge in [0, 0.05) is 25.6 Å². The largest absolute Gasteiger partial charge is 1.00 e. The van der Waals surface area contributed by atoms with Crippen LogP contribution in [0.1, 0.15) is 0 Å². The minimum atomic E-state index is 0. The van der Waals surface area contributed by atoms with Gasteiger partial charge in [-0.25, -0.2) is 0 Å². The van der Waals surface area contributed by atoms with Gasteiger partial charge in [-0.2, -0.15) is 0 Å². The Bertz CT molecular complexity index is 218. The normalized spacial score (nSPS) is 19.1. The fourth-order valence-electron chi connectivity index (χ4n) is 0.789. The van der Waals surface area contributed by atoms with E-state index in [9.17, 15) is 0 Å². The molecule has 0 aromatic carbocycles. The molecule has 1 radical (unpaired) electrons. The van der Waals surface area contributed by atoms with Crippen molar-refractivity contribution < 1.29 is 45.9 Å². The Morgan fingerprint density at radius 1 is 1.36 bits per heavy atom. The number of hydrogen-bond donors (Lipinski definition) is 0. The van der Waals surface area contributed by atoms with Crippen molar-refractivity contribution in [1.82, 2.24) is 0 Å². The Hall–Kier alpha value is 0.123. The van der Waals surface area contributed by atoms with Gasteiger partial charge < -0.3 is 26.5 Å². The van der Waals surface area contributed by atoms with Gasteiger partial charge in [-0.05, 0) is 12.2 Å². The molecule has 0 atom stereocenters. The molecule has 1 aliphatic carbocycles. The Morgan fingerprint density at radius 3 is 2.91 bits per heavy atom. The second-order valence-corrected chi connectivity index (χ2v) is 1.78. The van der Waals surface area contributed by atoms with Crippen molar-refractivity contribution >= 4 is 0 Å². The molecule has 55 valence electrons.